The van der Waals surface area contributed by atoms with Gasteiger partial charge in [-0.2, -0.15) is 0 Å². The molecule has 0 amide bonds. The summed E-state index contributed by atoms with van der Waals surface area (Å²) in [6.45, 7) is 0. The van der Waals surface area contributed by atoms with Crippen molar-refractivity contribution in [3.05, 3.63) is 49.1 Å². The number of pyridine rings is 2. The van der Waals surface area contributed by atoms with E-state index in [-0.39, 0.29) is 0 Å². The van der Waals surface area contributed by atoms with Gasteiger partial charge in [0.05, 0.1) is 0 Å². The summed E-state index contributed by atoms with van der Waals surface area (Å²) in [5, 5.41) is 0. The standard InChI is InChI=1S/C10H8N2S2/c1-5-11-6-2-9(1)13-14-10-3-7-12-8-4-10/h1-8H. The van der Waals surface area contributed by atoms with Crippen LogP contribution in [0.15, 0.2) is 58.8 Å². The minimum Gasteiger partial charge on any atom is -0.265 e. The van der Waals surface area contributed by atoms with Crippen molar-refractivity contribution in [1.29, 1.82) is 0 Å². The fourth-order valence-electron chi connectivity index (χ4n) is 0.884. The average Bonchev–Trinajstić information content (AvgIpc) is 2.29. The van der Waals surface area contributed by atoms with Gasteiger partial charge in [0.15, 0.2) is 0 Å². The second-order valence-corrected chi connectivity index (χ2v) is 4.81. The minimum atomic E-state index is 1.21. The Morgan fingerprint density at radius 3 is 1.36 bits per heavy atom. The van der Waals surface area contributed by atoms with Crippen LogP contribution in [0.4, 0.5) is 0 Å². The Hall–Kier alpha value is -1.00. The summed E-state index contributed by atoms with van der Waals surface area (Å²) < 4.78 is 0. The first-order chi connectivity index (χ1) is 6.95. The molecule has 0 atom stereocenters. The lowest BCUT2D eigenvalue weighted by Crippen LogP contribution is -1.71. The molecule has 4 heteroatoms. The van der Waals surface area contributed by atoms with Crippen molar-refractivity contribution in [2.45, 2.75) is 9.79 Å². The topological polar surface area (TPSA) is 25.8 Å². The van der Waals surface area contributed by atoms with E-state index in [1.165, 1.54) is 9.79 Å². The van der Waals surface area contributed by atoms with E-state index in [9.17, 15) is 0 Å². The second kappa shape index (κ2) is 5.02. The second-order valence-electron chi connectivity index (χ2n) is 2.53. The maximum absolute atomic E-state index is 3.97. The smallest absolute Gasteiger partial charge is 0.0279 e. The van der Waals surface area contributed by atoms with Crippen LogP contribution in [-0.2, 0) is 0 Å². The monoisotopic (exact) mass is 220 g/mol. The molecule has 14 heavy (non-hydrogen) atoms. The van der Waals surface area contributed by atoms with Crippen LogP contribution in [0.5, 0.6) is 0 Å². The predicted octanol–water partition coefficient (Wildman–Crippen LogP) is 3.28. The molecular weight excluding hydrogens is 212 g/mol. The molecule has 0 radical (unpaired) electrons. The molecule has 2 nitrogen and oxygen atoms in total. The highest BCUT2D eigenvalue weighted by Gasteiger charge is 1.95. The number of aromatic nitrogens is 2. The molecule has 0 aliphatic heterocycles. The molecule has 70 valence electrons. The zero-order chi connectivity index (χ0) is 9.64. The third kappa shape index (κ3) is 2.75. The van der Waals surface area contributed by atoms with E-state index in [4.69, 9.17) is 0 Å². The lowest BCUT2D eigenvalue weighted by Gasteiger charge is -1.99. The summed E-state index contributed by atoms with van der Waals surface area (Å²) in [4.78, 5) is 10.4. The SMILES string of the molecule is c1cc(SSc2ccncc2)ccn1. The first-order valence-corrected chi connectivity index (χ1v) is 6.25. The predicted molar refractivity (Wildman–Crippen MR) is 60.2 cm³/mol. The van der Waals surface area contributed by atoms with Gasteiger partial charge in [0.1, 0.15) is 0 Å². The Balaban J connectivity index is 1.96. The van der Waals surface area contributed by atoms with Crippen molar-refractivity contribution >= 4 is 21.6 Å². The number of rotatable bonds is 3. The normalized spacial score (nSPS) is 10.0. The molecular formula is C10H8N2S2. The Bertz CT molecular complexity index is 338. The molecule has 0 fully saturated rings. The van der Waals surface area contributed by atoms with Crippen molar-refractivity contribution in [3.8, 4) is 0 Å². The van der Waals surface area contributed by atoms with E-state index >= 15 is 0 Å². The molecule has 0 unspecified atom stereocenters. The molecule has 2 aromatic rings. The van der Waals surface area contributed by atoms with Crippen LogP contribution in [0, 0.1) is 0 Å². The molecule has 0 saturated carbocycles. The van der Waals surface area contributed by atoms with E-state index in [0.717, 1.165) is 0 Å². The first kappa shape index (κ1) is 9.55. The molecule has 2 heterocycles. The number of nitrogens with zero attached hydrogens (tertiary/aromatic N) is 2. The van der Waals surface area contributed by atoms with Gasteiger partial charge in [-0.15, -0.1) is 0 Å². The highest BCUT2D eigenvalue weighted by Crippen LogP contribution is 2.36. The third-order valence-corrected chi connectivity index (χ3v) is 3.95. The summed E-state index contributed by atoms with van der Waals surface area (Å²) in [5.41, 5.74) is 0. The highest BCUT2D eigenvalue weighted by molar-refractivity contribution is 8.76. The number of hydrogen-bond donors (Lipinski definition) is 0. The van der Waals surface area contributed by atoms with Gasteiger partial charge in [-0.3, -0.25) is 9.97 Å². The van der Waals surface area contributed by atoms with E-state index in [0.29, 0.717) is 0 Å². The fraction of sp³-hybridized carbons (Fsp3) is 0. The molecule has 0 aliphatic carbocycles. The van der Waals surface area contributed by atoms with Crippen molar-refractivity contribution < 1.29 is 0 Å². The van der Waals surface area contributed by atoms with Crippen LogP contribution >= 0.6 is 21.6 Å². The third-order valence-electron chi connectivity index (χ3n) is 1.53. The summed E-state index contributed by atoms with van der Waals surface area (Å²) >= 11 is 0. The summed E-state index contributed by atoms with van der Waals surface area (Å²) in [7, 11) is 3.44. The lowest BCUT2D eigenvalue weighted by atomic mass is 10.5. The molecule has 0 bridgehead atoms. The van der Waals surface area contributed by atoms with Gasteiger partial charge in [0, 0.05) is 34.6 Å². The van der Waals surface area contributed by atoms with Crippen LogP contribution in [0.2, 0.25) is 0 Å². The van der Waals surface area contributed by atoms with Crippen LogP contribution in [0.1, 0.15) is 0 Å². The largest absolute Gasteiger partial charge is 0.265 e. The van der Waals surface area contributed by atoms with Gasteiger partial charge in [0.25, 0.3) is 0 Å². The van der Waals surface area contributed by atoms with E-state index < -0.39 is 0 Å². The average molecular weight is 220 g/mol. The zero-order valence-electron chi connectivity index (χ0n) is 7.33. The summed E-state index contributed by atoms with van der Waals surface area (Å²) in [5.74, 6) is 0. The van der Waals surface area contributed by atoms with Gasteiger partial charge in [-0.1, -0.05) is 21.6 Å². The van der Waals surface area contributed by atoms with Crippen molar-refractivity contribution in [2.24, 2.45) is 0 Å². The summed E-state index contributed by atoms with van der Waals surface area (Å²) in [6.07, 6.45) is 7.20. The molecule has 0 aliphatic rings. The molecule has 0 saturated heterocycles. The molecule has 0 N–H and O–H groups in total. The highest BCUT2D eigenvalue weighted by atomic mass is 33.1. The fourth-order valence-corrected chi connectivity index (χ4v) is 2.79. The Kier molecular flexibility index (Phi) is 3.43. The van der Waals surface area contributed by atoms with Crippen molar-refractivity contribution in [2.75, 3.05) is 0 Å². The van der Waals surface area contributed by atoms with E-state index in [1.807, 2.05) is 24.3 Å². The van der Waals surface area contributed by atoms with E-state index in [1.54, 1.807) is 46.4 Å². The van der Waals surface area contributed by atoms with Gasteiger partial charge in [0.2, 0.25) is 0 Å². The maximum Gasteiger partial charge on any atom is 0.0279 e. The number of hydrogen-bond acceptors (Lipinski definition) is 4. The van der Waals surface area contributed by atoms with Crippen molar-refractivity contribution in [1.82, 2.24) is 9.97 Å². The Labute approximate surface area is 90.6 Å². The quantitative estimate of drug-likeness (QED) is 0.741. The molecule has 0 spiro atoms. The maximum atomic E-state index is 3.97. The van der Waals surface area contributed by atoms with Gasteiger partial charge in [-0.05, 0) is 24.3 Å². The van der Waals surface area contributed by atoms with Gasteiger partial charge < -0.3 is 0 Å². The minimum absolute atomic E-state index is 1.21. The molecule has 0 aromatic carbocycles. The van der Waals surface area contributed by atoms with Crippen LogP contribution in [-0.4, -0.2) is 9.97 Å². The van der Waals surface area contributed by atoms with Crippen molar-refractivity contribution in [3.63, 3.8) is 0 Å². The van der Waals surface area contributed by atoms with Crippen LogP contribution < -0.4 is 0 Å². The van der Waals surface area contributed by atoms with Crippen LogP contribution in [0.25, 0.3) is 0 Å². The van der Waals surface area contributed by atoms with Gasteiger partial charge >= 0.3 is 0 Å². The molecule has 2 rings (SSSR count). The molecule has 2 aromatic heterocycles. The van der Waals surface area contributed by atoms with E-state index in [2.05, 4.69) is 9.97 Å². The zero-order valence-corrected chi connectivity index (χ0v) is 8.96. The lowest BCUT2D eigenvalue weighted by molar-refractivity contribution is 1.26. The van der Waals surface area contributed by atoms with Gasteiger partial charge in [-0.25, -0.2) is 0 Å². The Morgan fingerprint density at radius 1 is 0.643 bits per heavy atom. The summed E-state index contributed by atoms with van der Waals surface area (Å²) in [6, 6.07) is 8.00. The first-order valence-electron chi connectivity index (χ1n) is 4.10. The Morgan fingerprint density at radius 2 is 1.00 bits per heavy atom. The van der Waals surface area contributed by atoms with Crippen LogP contribution in [0.3, 0.4) is 0 Å².